The summed E-state index contributed by atoms with van der Waals surface area (Å²) in [6.07, 6.45) is 0. The Morgan fingerprint density at radius 1 is 1.00 bits per heavy atom. The minimum absolute atomic E-state index is 0.0763. The molecule has 1 aliphatic rings. The molecular weight excluding hydrogens is 286 g/mol. The third-order valence-corrected chi connectivity index (χ3v) is 4.19. The third kappa shape index (κ3) is 4.42. The molecule has 1 heterocycles. The molecule has 0 amide bonds. The zero-order valence-corrected chi connectivity index (χ0v) is 13.9. The van der Waals surface area contributed by atoms with Crippen molar-refractivity contribution in [3.8, 4) is 0 Å². The van der Waals surface area contributed by atoms with Crippen LogP contribution in [0.2, 0.25) is 0 Å². The van der Waals surface area contributed by atoms with Gasteiger partial charge in [0.25, 0.3) is 0 Å². The van der Waals surface area contributed by atoms with Gasteiger partial charge in [0.2, 0.25) is 0 Å². The average molecular weight is 311 g/mol. The van der Waals surface area contributed by atoms with E-state index in [0.29, 0.717) is 6.54 Å². The van der Waals surface area contributed by atoms with E-state index in [4.69, 9.17) is 0 Å². The molecule has 0 saturated carbocycles. The fraction of sp³-hybridized carbons (Fsp3) is 0.350. The van der Waals surface area contributed by atoms with Gasteiger partial charge in [0.1, 0.15) is 0 Å². The fourth-order valence-corrected chi connectivity index (χ4v) is 3.14. The monoisotopic (exact) mass is 311 g/mol. The van der Waals surface area contributed by atoms with Crippen LogP contribution in [0.25, 0.3) is 0 Å². The van der Waals surface area contributed by atoms with Crippen molar-refractivity contribution in [1.29, 1.82) is 0 Å². The van der Waals surface area contributed by atoms with E-state index in [2.05, 4.69) is 17.0 Å². The summed E-state index contributed by atoms with van der Waals surface area (Å²) < 4.78 is 0. The summed E-state index contributed by atoms with van der Waals surface area (Å²) in [5, 5.41) is 9.50. The number of likely N-dealkylation sites (tertiary alicyclic amines) is 1. The van der Waals surface area contributed by atoms with E-state index in [0.717, 1.165) is 18.7 Å². The summed E-state index contributed by atoms with van der Waals surface area (Å²) >= 11 is 0. The minimum Gasteiger partial charge on any atom is -0.481 e. The first-order valence-electron chi connectivity index (χ1n) is 8.28. The van der Waals surface area contributed by atoms with Gasteiger partial charge < -0.3 is 5.11 Å². The van der Waals surface area contributed by atoms with Crippen molar-refractivity contribution in [1.82, 2.24) is 4.90 Å². The molecule has 0 radical (unpaired) electrons. The first-order valence-corrected chi connectivity index (χ1v) is 8.28. The van der Waals surface area contributed by atoms with Gasteiger partial charge in [-0.25, -0.2) is 0 Å². The number of rotatable bonds is 4. The second-order valence-corrected chi connectivity index (χ2v) is 5.64. The molecule has 122 valence electrons. The van der Waals surface area contributed by atoms with E-state index < -0.39 is 5.97 Å². The number of hydrogen-bond donors (Lipinski definition) is 1. The van der Waals surface area contributed by atoms with Crippen LogP contribution in [0, 0.1) is 5.92 Å². The number of aliphatic carboxylic acids is 1. The van der Waals surface area contributed by atoms with Crippen LogP contribution in [-0.2, 0) is 11.3 Å². The van der Waals surface area contributed by atoms with Crippen LogP contribution in [0.4, 0.5) is 0 Å². The van der Waals surface area contributed by atoms with Crippen LogP contribution >= 0.6 is 0 Å². The standard InChI is InChI=1S/C18H19NO2.C2H6/c20-18(21)17-13-19(11-14-7-3-1-4-8-14)12-16(17)15-9-5-2-6-10-15;1-2/h1-10,16-17H,11-13H2,(H,20,21);1-2H3/t16-,17-;/m1./s1. The molecule has 0 spiro atoms. The minimum atomic E-state index is -0.695. The van der Waals surface area contributed by atoms with Crippen LogP contribution in [-0.4, -0.2) is 29.1 Å². The molecule has 1 saturated heterocycles. The number of carbonyl (C=O) groups is 1. The molecule has 0 aromatic heterocycles. The van der Waals surface area contributed by atoms with Crippen LogP contribution in [0.5, 0.6) is 0 Å². The maximum Gasteiger partial charge on any atom is 0.308 e. The summed E-state index contributed by atoms with van der Waals surface area (Å²) in [6, 6.07) is 20.2. The molecule has 3 rings (SSSR count). The molecule has 0 aliphatic carbocycles. The number of carboxylic acids is 1. The van der Waals surface area contributed by atoms with Gasteiger partial charge in [-0.2, -0.15) is 0 Å². The number of benzene rings is 2. The maximum atomic E-state index is 11.6. The molecule has 1 N–H and O–H groups in total. The van der Waals surface area contributed by atoms with E-state index in [1.54, 1.807) is 0 Å². The van der Waals surface area contributed by atoms with Gasteiger partial charge in [0, 0.05) is 25.6 Å². The fourth-order valence-electron chi connectivity index (χ4n) is 3.14. The first-order chi connectivity index (χ1) is 11.2. The SMILES string of the molecule is CC.O=C(O)[C@@H]1CN(Cc2ccccc2)C[C@@H]1c1ccccc1. The van der Waals surface area contributed by atoms with Crippen molar-refractivity contribution in [3.63, 3.8) is 0 Å². The molecule has 2 atom stereocenters. The molecule has 1 fully saturated rings. The summed E-state index contributed by atoms with van der Waals surface area (Å²) in [7, 11) is 0. The van der Waals surface area contributed by atoms with E-state index in [1.165, 1.54) is 5.56 Å². The summed E-state index contributed by atoms with van der Waals surface area (Å²) in [6.45, 7) is 6.23. The Morgan fingerprint density at radius 2 is 1.57 bits per heavy atom. The Bertz CT molecular complexity index is 598. The Kier molecular flexibility index (Phi) is 6.36. The van der Waals surface area contributed by atoms with Gasteiger partial charge in [-0.05, 0) is 11.1 Å². The molecule has 2 aromatic rings. The van der Waals surface area contributed by atoms with Gasteiger partial charge in [0.15, 0.2) is 0 Å². The number of carboxylic acid groups (broad SMARTS) is 1. The van der Waals surface area contributed by atoms with Crippen molar-refractivity contribution >= 4 is 5.97 Å². The van der Waals surface area contributed by atoms with E-state index in [9.17, 15) is 9.90 Å². The summed E-state index contributed by atoms with van der Waals surface area (Å²) in [5.41, 5.74) is 2.36. The second kappa shape index (κ2) is 8.49. The molecule has 0 unspecified atom stereocenters. The highest BCUT2D eigenvalue weighted by Gasteiger charge is 2.38. The lowest BCUT2D eigenvalue weighted by atomic mass is 9.89. The Hall–Kier alpha value is -2.13. The van der Waals surface area contributed by atoms with Gasteiger partial charge in [0.05, 0.1) is 5.92 Å². The number of hydrogen-bond acceptors (Lipinski definition) is 2. The molecule has 2 aromatic carbocycles. The molecule has 1 aliphatic heterocycles. The van der Waals surface area contributed by atoms with Crippen molar-refractivity contribution in [2.45, 2.75) is 26.3 Å². The molecule has 0 bridgehead atoms. The van der Waals surface area contributed by atoms with Gasteiger partial charge >= 0.3 is 5.97 Å². The van der Waals surface area contributed by atoms with Gasteiger partial charge in [-0.15, -0.1) is 0 Å². The molecule has 3 nitrogen and oxygen atoms in total. The van der Waals surface area contributed by atoms with Gasteiger partial charge in [-0.1, -0.05) is 74.5 Å². The summed E-state index contributed by atoms with van der Waals surface area (Å²) in [5.74, 6) is -0.942. The van der Waals surface area contributed by atoms with Crippen LogP contribution in [0.1, 0.15) is 30.9 Å². The van der Waals surface area contributed by atoms with Crippen LogP contribution in [0.15, 0.2) is 60.7 Å². The highest BCUT2D eigenvalue weighted by Crippen LogP contribution is 2.33. The highest BCUT2D eigenvalue weighted by molar-refractivity contribution is 5.72. The smallest absolute Gasteiger partial charge is 0.308 e. The first kappa shape index (κ1) is 17.2. The molecular formula is C20H25NO2. The van der Waals surface area contributed by atoms with E-state index in [1.807, 2.05) is 62.4 Å². The zero-order chi connectivity index (χ0) is 16.7. The van der Waals surface area contributed by atoms with Crippen molar-refractivity contribution in [2.75, 3.05) is 13.1 Å². The number of nitrogens with zero attached hydrogens (tertiary/aromatic N) is 1. The average Bonchev–Trinajstić information content (AvgIpc) is 3.02. The topological polar surface area (TPSA) is 40.5 Å². The largest absolute Gasteiger partial charge is 0.481 e. The lowest BCUT2D eigenvalue weighted by Gasteiger charge is -2.16. The van der Waals surface area contributed by atoms with E-state index >= 15 is 0 Å². The highest BCUT2D eigenvalue weighted by atomic mass is 16.4. The zero-order valence-electron chi connectivity index (χ0n) is 13.9. The van der Waals surface area contributed by atoms with Crippen molar-refractivity contribution < 1.29 is 9.90 Å². The maximum absolute atomic E-state index is 11.6. The second-order valence-electron chi connectivity index (χ2n) is 5.64. The Balaban J connectivity index is 0.000000924. The van der Waals surface area contributed by atoms with Crippen molar-refractivity contribution in [3.05, 3.63) is 71.8 Å². The Labute approximate surface area is 138 Å². The predicted molar refractivity (Wildman–Crippen MR) is 93.4 cm³/mol. The lowest BCUT2D eigenvalue weighted by molar-refractivity contribution is -0.141. The normalized spacial score (nSPS) is 20.6. The third-order valence-electron chi connectivity index (χ3n) is 4.19. The molecule has 23 heavy (non-hydrogen) atoms. The Morgan fingerprint density at radius 3 is 2.13 bits per heavy atom. The van der Waals surface area contributed by atoms with Gasteiger partial charge in [-0.3, -0.25) is 9.69 Å². The van der Waals surface area contributed by atoms with Crippen LogP contribution in [0.3, 0.4) is 0 Å². The lowest BCUT2D eigenvalue weighted by Crippen LogP contribution is -2.23. The van der Waals surface area contributed by atoms with E-state index in [-0.39, 0.29) is 11.8 Å². The van der Waals surface area contributed by atoms with Crippen LogP contribution < -0.4 is 0 Å². The predicted octanol–water partition coefficient (Wildman–Crippen LogP) is 4.01. The quantitative estimate of drug-likeness (QED) is 0.927. The van der Waals surface area contributed by atoms with Crippen molar-refractivity contribution in [2.24, 2.45) is 5.92 Å². The summed E-state index contributed by atoms with van der Waals surface area (Å²) in [4.78, 5) is 13.8. The molecule has 3 heteroatoms.